The first kappa shape index (κ1) is 19.3. The molecule has 1 aliphatic rings. The van der Waals surface area contributed by atoms with Crippen LogP contribution in [0.25, 0.3) is 17.3 Å². The quantitative estimate of drug-likeness (QED) is 0.466. The minimum Gasteiger partial charge on any atom is -0.461 e. The van der Waals surface area contributed by atoms with E-state index in [9.17, 15) is 4.79 Å². The Bertz CT molecular complexity index is 1140. The molecule has 5 rings (SSSR count). The van der Waals surface area contributed by atoms with Crippen LogP contribution in [0.4, 0.5) is 5.82 Å². The third-order valence-corrected chi connectivity index (χ3v) is 5.55. The van der Waals surface area contributed by atoms with E-state index in [0.717, 1.165) is 24.2 Å². The molecule has 0 spiro atoms. The molecule has 1 saturated carbocycles. The number of aromatic nitrogens is 4. The lowest BCUT2D eigenvalue weighted by atomic mass is 10.0. The SMILES string of the molecule is O=C(CCc1nc(-c2ccco2)no1)Nc1cc(C2CCCC2)nn1-c1ccccc1. The maximum Gasteiger partial charge on any atom is 0.238 e. The lowest BCUT2D eigenvalue weighted by Gasteiger charge is -2.08. The van der Waals surface area contributed by atoms with Gasteiger partial charge in [-0.3, -0.25) is 4.79 Å². The van der Waals surface area contributed by atoms with Gasteiger partial charge in [0.2, 0.25) is 17.6 Å². The first-order valence-electron chi connectivity index (χ1n) is 10.6. The second-order valence-electron chi connectivity index (χ2n) is 7.72. The van der Waals surface area contributed by atoms with Crippen LogP contribution in [0, 0.1) is 0 Å². The van der Waals surface area contributed by atoms with Crippen molar-refractivity contribution in [1.82, 2.24) is 19.9 Å². The van der Waals surface area contributed by atoms with Crippen molar-refractivity contribution < 1.29 is 13.7 Å². The van der Waals surface area contributed by atoms with Crippen LogP contribution < -0.4 is 5.32 Å². The number of nitrogens with one attached hydrogen (secondary N) is 1. The molecule has 0 radical (unpaired) electrons. The Morgan fingerprint density at radius 1 is 1.13 bits per heavy atom. The number of carbonyl (C=O) groups is 1. The fourth-order valence-corrected chi connectivity index (χ4v) is 3.96. The molecule has 1 fully saturated rings. The molecule has 3 aromatic heterocycles. The zero-order chi connectivity index (χ0) is 21.0. The van der Waals surface area contributed by atoms with Gasteiger partial charge in [0.15, 0.2) is 5.76 Å². The summed E-state index contributed by atoms with van der Waals surface area (Å²) in [5.74, 6) is 2.31. The largest absolute Gasteiger partial charge is 0.461 e. The van der Waals surface area contributed by atoms with Gasteiger partial charge in [-0.2, -0.15) is 10.1 Å². The zero-order valence-electron chi connectivity index (χ0n) is 17.0. The molecular formula is C23H23N5O3. The van der Waals surface area contributed by atoms with Crippen molar-refractivity contribution in [2.24, 2.45) is 0 Å². The predicted molar refractivity (Wildman–Crippen MR) is 114 cm³/mol. The number of aryl methyl sites for hydroxylation is 1. The van der Waals surface area contributed by atoms with E-state index in [1.165, 1.54) is 12.8 Å². The van der Waals surface area contributed by atoms with Crippen LogP contribution in [0.2, 0.25) is 0 Å². The normalized spacial score (nSPS) is 14.2. The van der Waals surface area contributed by atoms with E-state index >= 15 is 0 Å². The number of hydrogen-bond acceptors (Lipinski definition) is 6. The molecule has 8 nitrogen and oxygen atoms in total. The smallest absolute Gasteiger partial charge is 0.238 e. The number of furan rings is 1. The van der Waals surface area contributed by atoms with Gasteiger partial charge in [-0.05, 0) is 37.1 Å². The molecular weight excluding hydrogens is 394 g/mol. The van der Waals surface area contributed by atoms with E-state index in [0.29, 0.717) is 35.6 Å². The number of hydrogen-bond donors (Lipinski definition) is 1. The highest BCUT2D eigenvalue weighted by atomic mass is 16.5. The molecule has 0 unspecified atom stereocenters. The van der Waals surface area contributed by atoms with Crippen molar-refractivity contribution in [2.75, 3.05) is 5.32 Å². The number of anilines is 1. The maximum absolute atomic E-state index is 12.7. The fourth-order valence-electron chi connectivity index (χ4n) is 3.96. The average molecular weight is 417 g/mol. The Morgan fingerprint density at radius 2 is 1.97 bits per heavy atom. The van der Waals surface area contributed by atoms with Crippen LogP contribution >= 0.6 is 0 Å². The van der Waals surface area contributed by atoms with Crippen molar-refractivity contribution in [3.8, 4) is 17.3 Å². The molecule has 158 valence electrons. The van der Waals surface area contributed by atoms with Crippen molar-refractivity contribution >= 4 is 11.7 Å². The Morgan fingerprint density at radius 3 is 2.74 bits per heavy atom. The highest BCUT2D eigenvalue weighted by Crippen LogP contribution is 2.35. The monoisotopic (exact) mass is 417 g/mol. The highest BCUT2D eigenvalue weighted by molar-refractivity contribution is 5.90. The van der Waals surface area contributed by atoms with E-state index in [-0.39, 0.29) is 12.3 Å². The van der Waals surface area contributed by atoms with E-state index in [2.05, 4.69) is 15.5 Å². The molecule has 1 aliphatic carbocycles. The van der Waals surface area contributed by atoms with Crippen molar-refractivity contribution in [2.45, 2.75) is 44.4 Å². The average Bonchev–Trinajstić information content (AvgIpc) is 3.59. The summed E-state index contributed by atoms with van der Waals surface area (Å²) in [6.45, 7) is 0. The van der Waals surface area contributed by atoms with Gasteiger partial charge >= 0.3 is 0 Å². The van der Waals surface area contributed by atoms with Crippen molar-refractivity contribution in [3.63, 3.8) is 0 Å². The lowest BCUT2D eigenvalue weighted by Crippen LogP contribution is -2.15. The summed E-state index contributed by atoms with van der Waals surface area (Å²) >= 11 is 0. The van der Waals surface area contributed by atoms with Crippen LogP contribution in [0.1, 0.15) is 49.6 Å². The van der Waals surface area contributed by atoms with E-state index in [1.807, 2.05) is 41.1 Å². The van der Waals surface area contributed by atoms with Crippen molar-refractivity contribution in [1.29, 1.82) is 0 Å². The van der Waals surface area contributed by atoms with Crippen LogP contribution in [0.5, 0.6) is 0 Å². The molecule has 31 heavy (non-hydrogen) atoms. The molecule has 0 bridgehead atoms. The number of carbonyl (C=O) groups excluding carboxylic acids is 1. The Kier molecular flexibility index (Phi) is 5.35. The highest BCUT2D eigenvalue weighted by Gasteiger charge is 2.22. The van der Waals surface area contributed by atoms with Gasteiger partial charge in [-0.25, -0.2) is 4.68 Å². The summed E-state index contributed by atoms with van der Waals surface area (Å²) in [4.78, 5) is 17.0. The molecule has 0 saturated heterocycles. The topological polar surface area (TPSA) is 99.0 Å². The van der Waals surface area contributed by atoms with E-state index < -0.39 is 0 Å². The summed E-state index contributed by atoms with van der Waals surface area (Å²) in [6, 6.07) is 15.4. The standard InChI is InChI=1S/C23H23N5O3/c29-21(12-13-22-25-23(27-31-22)19-11-6-14-30-19)24-20-15-18(16-7-4-5-8-16)26-28(20)17-9-2-1-3-10-17/h1-3,6,9-11,14-16H,4-5,7-8,12-13H2,(H,24,29). The molecule has 1 N–H and O–H groups in total. The minimum absolute atomic E-state index is 0.132. The molecule has 0 aliphatic heterocycles. The molecule has 8 heteroatoms. The second kappa shape index (κ2) is 8.59. The van der Waals surface area contributed by atoms with Gasteiger partial charge < -0.3 is 14.3 Å². The second-order valence-corrected chi connectivity index (χ2v) is 7.72. The maximum atomic E-state index is 12.7. The van der Waals surface area contributed by atoms with Gasteiger partial charge in [-0.15, -0.1) is 0 Å². The molecule has 0 atom stereocenters. The Balaban J connectivity index is 1.29. The van der Waals surface area contributed by atoms with Crippen LogP contribution in [-0.2, 0) is 11.2 Å². The minimum atomic E-state index is -0.132. The third kappa shape index (κ3) is 4.28. The molecule has 4 aromatic rings. The van der Waals surface area contributed by atoms with Crippen LogP contribution in [-0.4, -0.2) is 25.8 Å². The predicted octanol–water partition coefficient (Wildman–Crippen LogP) is 4.74. The number of amides is 1. The summed E-state index contributed by atoms with van der Waals surface area (Å²) in [6.07, 6.45) is 6.87. The lowest BCUT2D eigenvalue weighted by molar-refractivity contribution is -0.116. The Labute approximate surface area is 179 Å². The van der Waals surface area contributed by atoms with Gasteiger partial charge in [0.05, 0.1) is 17.6 Å². The molecule has 1 amide bonds. The Hall–Kier alpha value is -3.68. The molecule has 1 aromatic carbocycles. The van der Waals surface area contributed by atoms with E-state index in [1.54, 1.807) is 18.4 Å². The fraction of sp³-hybridized carbons (Fsp3) is 0.304. The van der Waals surface area contributed by atoms with Gasteiger partial charge in [-0.1, -0.05) is 36.2 Å². The summed E-state index contributed by atoms with van der Waals surface area (Å²) in [5.41, 5.74) is 1.96. The van der Waals surface area contributed by atoms with Gasteiger partial charge in [0.25, 0.3) is 0 Å². The zero-order valence-corrected chi connectivity index (χ0v) is 17.0. The van der Waals surface area contributed by atoms with Crippen LogP contribution in [0.3, 0.4) is 0 Å². The van der Waals surface area contributed by atoms with Gasteiger partial charge in [0.1, 0.15) is 5.82 Å². The number of nitrogens with zero attached hydrogens (tertiary/aromatic N) is 4. The van der Waals surface area contributed by atoms with Crippen LogP contribution in [0.15, 0.2) is 63.7 Å². The summed E-state index contributed by atoms with van der Waals surface area (Å²) < 4.78 is 12.3. The number of rotatable bonds is 7. The third-order valence-electron chi connectivity index (χ3n) is 5.55. The summed E-state index contributed by atoms with van der Waals surface area (Å²) in [5, 5.41) is 11.7. The number of para-hydroxylation sites is 1. The van der Waals surface area contributed by atoms with Gasteiger partial charge in [0, 0.05) is 24.8 Å². The summed E-state index contributed by atoms with van der Waals surface area (Å²) in [7, 11) is 0. The molecule has 3 heterocycles. The van der Waals surface area contributed by atoms with Crippen molar-refractivity contribution in [3.05, 3.63) is 66.4 Å². The van der Waals surface area contributed by atoms with E-state index in [4.69, 9.17) is 14.0 Å². The first-order chi connectivity index (χ1) is 15.3. The number of benzene rings is 1. The first-order valence-corrected chi connectivity index (χ1v) is 10.6.